The van der Waals surface area contributed by atoms with Crippen LogP contribution in [0.25, 0.3) is 0 Å². The molecule has 1 fully saturated rings. The number of benzene rings is 1. The van der Waals surface area contributed by atoms with Gasteiger partial charge in [-0.15, -0.1) is 24.0 Å². The first-order chi connectivity index (χ1) is 13.9. The molecule has 2 N–H and O–H groups in total. The Kier molecular flexibility index (Phi) is 12.2. The van der Waals surface area contributed by atoms with E-state index in [9.17, 15) is 8.42 Å². The normalized spacial score (nSPS) is 17.3. The summed E-state index contributed by atoms with van der Waals surface area (Å²) in [7, 11) is 0.252. The van der Waals surface area contributed by atoms with Crippen molar-refractivity contribution in [2.45, 2.75) is 57.0 Å². The first-order valence-corrected chi connectivity index (χ1v) is 12.1. The Morgan fingerprint density at radius 1 is 1.17 bits per heavy atom. The van der Waals surface area contributed by atoms with Gasteiger partial charge in [0.2, 0.25) is 10.0 Å². The van der Waals surface area contributed by atoms with Crippen LogP contribution < -0.4 is 10.6 Å². The van der Waals surface area contributed by atoms with Crippen molar-refractivity contribution in [3.05, 3.63) is 29.8 Å². The number of nitrogens with zero attached hydrogens (tertiary/aromatic N) is 3. The van der Waals surface area contributed by atoms with Crippen LogP contribution in [0, 0.1) is 0 Å². The second-order valence-corrected chi connectivity index (χ2v) is 9.69. The lowest BCUT2D eigenvalue weighted by molar-refractivity contribution is 0.222. The van der Waals surface area contributed by atoms with E-state index in [4.69, 9.17) is 0 Å². The minimum Gasteiger partial charge on any atom is -0.354 e. The third-order valence-corrected chi connectivity index (χ3v) is 7.35. The molecule has 30 heavy (non-hydrogen) atoms. The van der Waals surface area contributed by atoms with Crippen molar-refractivity contribution in [3.8, 4) is 0 Å². The second kappa shape index (κ2) is 13.5. The van der Waals surface area contributed by atoms with Crippen LogP contribution in [0.15, 0.2) is 34.2 Å². The van der Waals surface area contributed by atoms with Crippen molar-refractivity contribution in [2.75, 3.05) is 40.3 Å². The molecule has 1 aliphatic heterocycles. The summed E-state index contributed by atoms with van der Waals surface area (Å²) in [4.78, 5) is 6.82. The van der Waals surface area contributed by atoms with Crippen LogP contribution in [0.5, 0.6) is 0 Å². The Labute approximate surface area is 199 Å². The van der Waals surface area contributed by atoms with Gasteiger partial charge in [0.05, 0.1) is 4.90 Å². The van der Waals surface area contributed by atoms with E-state index in [-0.39, 0.29) is 24.0 Å². The third-order valence-electron chi connectivity index (χ3n) is 5.35. The van der Waals surface area contributed by atoms with Gasteiger partial charge < -0.3 is 15.5 Å². The Morgan fingerprint density at radius 3 is 2.47 bits per heavy atom. The van der Waals surface area contributed by atoms with Gasteiger partial charge in [-0.3, -0.25) is 4.99 Å². The van der Waals surface area contributed by atoms with Crippen LogP contribution in [-0.2, 0) is 16.6 Å². The molecule has 0 amide bonds. The molecule has 0 spiro atoms. The standard InChI is InChI=1S/C21H37N5O2S.HI/c1-5-6-7-10-18(2)24-21(22-3)23-17-19-11-8-9-12-20(19)29(27,28)26-15-13-25(4)14-16-26;/h8-9,11-12,18H,5-7,10,13-17H2,1-4H3,(H2,22,23,24);1H. The van der Waals surface area contributed by atoms with E-state index >= 15 is 0 Å². The molecular formula is C21H38IN5O2S. The molecule has 0 aliphatic carbocycles. The highest BCUT2D eigenvalue weighted by Gasteiger charge is 2.29. The van der Waals surface area contributed by atoms with Crippen molar-refractivity contribution in [3.63, 3.8) is 0 Å². The average molecular weight is 552 g/mol. The zero-order valence-electron chi connectivity index (χ0n) is 18.7. The van der Waals surface area contributed by atoms with Gasteiger partial charge in [-0.25, -0.2) is 8.42 Å². The largest absolute Gasteiger partial charge is 0.354 e. The predicted octanol–water partition coefficient (Wildman–Crippen LogP) is 2.87. The number of likely N-dealkylation sites (N-methyl/N-ethyl adjacent to an activating group) is 1. The molecule has 2 rings (SSSR count). The number of piperazine rings is 1. The lowest BCUT2D eigenvalue weighted by Crippen LogP contribution is -2.47. The molecule has 1 aromatic carbocycles. The molecule has 0 radical (unpaired) electrons. The zero-order chi connectivity index (χ0) is 21.3. The molecule has 1 heterocycles. The second-order valence-electron chi connectivity index (χ2n) is 7.78. The van der Waals surface area contributed by atoms with Gasteiger partial charge in [-0.1, -0.05) is 44.4 Å². The quantitative estimate of drug-likeness (QED) is 0.214. The van der Waals surface area contributed by atoms with Gasteiger partial charge in [0.1, 0.15) is 0 Å². The van der Waals surface area contributed by atoms with Gasteiger partial charge in [-0.05, 0) is 32.0 Å². The SMILES string of the molecule is CCCCCC(C)NC(=NC)NCc1ccccc1S(=O)(=O)N1CCN(C)CC1.I. The van der Waals surface area contributed by atoms with E-state index < -0.39 is 10.0 Å². The lowest BCUT2D eigenvalue weighted by atomic mass is 10.1. The summed E-state index contributed by atoms with van der Waals surface area (Å²) in [6.45, 7) is 7.32. The van der Waals surface area contributed by atoms with Crippen LogP contribution in [0.1, 0.15) is 45.1 Å². The molecule has 1 atom stereocenters. The fraction of sp³-hybridized carbons (Fsp3) is 0.667. The Hall–Kier alpha value is -0.910. The highest BCUT2D eigenvalue weighted by atomic mass is 127. The van der Waals surface area contributed by atoms with Gasteiger partial charge in [0.25, 0.3) is 0 Å². The van der Waals surface area contributed by atoms with Crippen LogP contribution in [0.2, 0.25) is 0 Å². The fourth-order valence-electron chi connectivity index (χ4n) is 3.45. The molecule has 1 unspecified atom stereocenters. The van der Waals surface area contributed by atoms with Crippen LogP contribution >= 0.6 is 24.0 Å². The minimum absolute atomic E-state index is 0. The van der Waals surface area contributed by atoms with Gasteiger partial charge in [-0.2, -0.15) is 4.31 Å². The number of halogens is 1. The number of hydrogen-bond donors (Lipinski definition) is 2. The van der Waals surface area contributed by atoms with E-state index in [0.29, 0.717) is 36.5 Å². The van der Waals surface area contributed by atoms with Crippen LogP contribution in [0.4, 0.5) is 0 Å². The molecule has 0 saturated carbocycles. The molecule has 1 saturated heterocycles. The molecule has 1 aliphatic rings. The van der Waals surface area contributed by atoms with Gasteiger partial charge >= 0.3 is 0 Å². The number of nitrogens with one attached hydrogen (secondary N) is 2. The summed E-state index contributed by atoms with van der Waals surface area (Å²) >= 11 is 0. The number of guanidine groups is 1. The van der Waals surface area contributed by atoms with E-state index in [1.165, 1.54) is 19.3 Å². The summed E-state index contributed by atoms with van der Waals surface area (Å²) in [6.07, 6.45) is 4.71. The smallest absolute Gasteiger partial charge is 0.243 e. The molecule has 0 bridgehead atoms. The molecule has 9 heteroatoms. The molecular weight excluding hydrogens is 513 g/mol. The summed E-state index contributed by atoms with van der Waals surface area (Å²) in [6, 6.07) is 7.55. The zero-order valence-corrected chi connectivity index (χ0v) is 21.9. The number of hydrogen-bond acceptors (Lipinski definition) is 4. The summed E-state index contributed by atoms with van der Waals surface area (Å²) in [5.74, 6) is 0.695. The third kappa shape index (κ3) is 7.97. The minimum atomic E-state index is -3.50. The number of rotatable bonds is 9. The van der Waals surface area contributed by atoms with Gasteiger partial charge in [0.15, 0.2) is 5.96 Å². The molecule has 7 nitrogen and oxygen atoms in total. The van der Waals surface area contributed by atoms with Crippen molar-refractivity contribution in [1.29, 1.82) is 0 Å². The maximum atomic E-state index is 13.2. The van der Waals surface area contributed by atoms with Crippen molar-refractivity contribution < 1.29 is 8.42 Å². The maximum absolute atomic E-state index is 13.2. The maximum Gasteiger partial charge on any atom is 0.243 e. The van der Waals surface area contributed by atoms with Crippen LogP contribution in [-0.4, -0.2) is 69.9 Å². The predicted molar refractivity (Wildman–Crippen MR) is 135 cm³/mol. The van der Waals surface area contributed by atoms with E-state index in [1.54, 1.807) is 23.5 Å². The Bertz CT molecular complexity index is 764. The van der Waals surface area contributed by atoms with Crippen molar-refractivity contribution in [2.24, 2.45) is 4.99 Å². The Balaban J connectivity index is 0.00000450. The highest BCUT2D eigenvalue weighted by Crippen LogP contribution is 2.21. The number of aliphatic imine (C=N–C) groups is 1. The molecule has 0 aromatic heterocycles. The molecule has 172 valence electrons. The summed E-state index contributed by atoms with van der Waals surface area (Å²) in [5.41, 5.74) is 0.757. The first-order valence-electron chi connectivity index (χ1n) is 10.6. The number of sulfonamides is 1. The number of unbranched alkanes of at least 4 members (excludes halogenated alkanes) is 2. The van der Waals surface area contributed by atoms with Gasteiger partial charge in [0, 0.05) is 45.8 Å². The monoisotopic (exact) mass is 551 g/mol. The molecule has 1 aromatic rings. The van der Waals surface area contributed by atoms with Crippen molar-refractivity contribution in [1.82, 2.24) is 19.8 Å². The van der Waals surface area contributed by atoms with Crippen molar-refractivity contribution >= 4 is 40.0 Å². The van der Waals surface area contributed by atoms with E-state index in [2.05, 4.69) is 34.4 Å². The highest BCUT2D eigenvalue weighted by molar-refractivity contribution is 14.0. The lowest BCUT2D eigenvalue weighted by Gasteiger charge is -2.32. The average Bonchev–Trinajstić information content (AvgIpc) is 2.71. The topological polar surface area (TPSA) is 77.0 Å². The fourth-order valence-corrected chi connectivity index (χ4v) is 5.09. The van der Waals surface area contributed by atoms with Crippen LogP contribution in [0.3, 0.4) is 0 Å². The van der Waals surface area contributed by atoms with E-state index in [1.807, 2.05) is 19.2 Å². The first kappa shape index (κ1) is 27.1. The Morgan fingerprint density at radius 2 is 1.83 bits per heavy atom. The summed E-state index contributed by atoms with van der Waals surface area (Å²) in [5, 5.41) is 6.67. The summed E-state index contributed by atoms with van der Waals surface area (Å²) < 4.78 is 28.0. The van der Waals surface area contributed by atoms with E-state index in [0.717, 1.165) is 25.1 Å².